The number of nitrogens with one attached hydrogen (secondary N) is 3. The van der Waals surface area contributed by atoms with E-state index in [1.54, 1.807) is 16.2 Å². The lowest BCUT2D eigenvalue weighted by Gasteiger charge is -2.29. The lowest BCUT2D eigenvalue weighted by Crippen LogP contribution is -3.28. The van der Waals surface area contributed by atoms with Crippen molar-refractivity contribution >= 4 is 34.5 Å². The van der Waals surface area contributed by atoms with Crippen LogP contribution in [0.5, 0.6) is 0 Å². The van der Waals surface area contributed by atoms with Crippen molar-refractivity contribution in [2.75, 3.05) is 38.0 Å². The summed E-state index contributed by atoms with van der Waals surface area (Å²) in [6.07, 6.45) is 0. The molecule has 1 fully saturated rings. The van der Waals surface area contributed by atoms with Gasteiger partial charge in [0.25, 0.3) is 5.91 Å². The Balaban J connectivity index is 1.44. The molecule has 128 valence electrons. The molecule has 0 radical (unpaired) electrons. The van der Waals surface area contributed by atoms with Crippen LogP contribution in [-0.2, 0) is 11.3 Å². The molecule has 0 unspecified atom stereocenters. The molecule has 2 aromatic rings. The van der Waals surface area contributed by atoms with Crippen LogP contribution in [0.1, 0.15) is 4.88 Å². The first-order chi connectivity index (χ1) is 11.6. The van der Waals surface area contributed by atoms with Gasteiger partial charge in [0.15, 0.2) is 6.54 Å². The van der Waals surface area contributed by atoms with Crippen molar-refractivity contribution < 1.29 is 19.0 Å². The SMILES string of the molecule is O=C(C[NH+]1CC[NH+](Cc2cccs2)CC1)Nc1ccc(F)cc1Cl. The first-order valence-corrected chi connectivity index (χ1v) is 9.30. The van der Waals surface area contributed by atoms with Gasteiger partial charge in [0, 0.05) is 0 Å². The van der Waals surface area contributed by atoms with Crippen molar-refractivity contribution in [2.45, 2.75) is 6.54 Å². The summed E-state index contributed by atoms with van der Waals surface area (Å²) in [5.74, 6) is -0.492. The van der Waals surface area contributed by atoms with Crippen molar-refractivity contribution in [3.05, 3.63) is 51.4 Å². The van der Waals surface area contributed by atoms with Gasteiger partial charge in [0.05, 0.1) is 15.6 Å². The van der Waals surface area contributed by atoms with Crippen LogP contribution in [0.3, 0.4) is 0 Å². The highest BCUT2D eigenvalue weighted by atomic mass is 35.5. The van der Waals surface area contributed by atoms with Crippen LogP contribution in [0.2, 0.25) is 5.02 Å². The van der Waals surface area contributed by atoms with Crippen LogP contribution in [0, 0.1) is 5.82 Å². The molecule has 3 N–H and O–H groups in total. The van der Waals surface area contributed by atoms with E-state index >= 15 is 0 Å². The number of piperazine rings is 1. The van der Waals surface area contributed by atoms with Crippen molar-refractivity contribution in [3.8, 4) is 0 Å². The molecule has 1 aromatic heterocycles. The average molecular weight is 370 g/mol. The van der Waals surface area contributed by atoms with Gasteiger partial charge in [-0.15, -0.1) is 11.3 Å². The minimum Gasteiger partial charge on any atom is -0.321 e. The van der Waals surface area contributed by atoms with Gasteiger partial charge >= 0.3 is 0 Å². The predicted molar refractivity (Wildman–Crippen MR) is 94.3 cm³/mol. The summed E-state index contributed by atoms with van der Waals surface area (Å²) in [6, 6.07) is 8.26. The number of rotatable bonds is 5. The molecule has 0 bridgehead atoms. The molecule has 0 spiro atoms. The molecular weight excluding hydrogens is 349 g/mol. The third kappa shape index (κ3) is 4.77. The second kappa shape index (κ2) is 8.07. The maximum atomic E-state index is 13.0. The number of quaternary nitrogens is 2. The highest BCUT2D eigenvalue weighted by molar-refractivity contribution is 7.09. The molecule has 1 aliphatic rings. The monoisotopic (exact) mass is 369 g/mol. The van der Waals surface area contributed by atoms with Crippen LogP contribution >= 0.6 is 22.9 Å². The van der Waals surface area contributed by atoms with E-state index in [2.05, 4.69) is 22.8 Å². The zero-order chi connectivity index (χ0) is 16.9. The minimum absolute atomic E-state index is 0.0831. The van der Waals surface area contributed by atoms with Gasteiger partial charge < -0.3 is 15.1 Å². The Morgan fingerprint density at radius 3 is 2.62 bits per heavy atom. The summed E-state index contributed by atoms with van der Waals surface area (Å²) in [5, 5.41) is 5.11. The Morgan fingerprint density at radius 2 is 1.96 bits per heavy atom. The molecular formula is C17H21ClFN3OS+2. The quantitative estimate of drug-likeness (QED) is 0.704. The molecule has 1 amide bonds. The van der Waals surface area contributed by atoms with Gasteiger partial charge in [-0.2, -0.15) is 0 Å². The number of halogens is 2. The Labute approximate surface area is 149 Å². The van der Waals surface area contributed by atoms with E-state index in [0.717, 1.165) is 32.7 Å². The van der Waals surface area contributed by atoms with E-state index in [1.165, 1.54) is 28.0 Å². The van der Waals surface area contributed by atoms with Gasteiger partial charge in [0.2, 0.25) is 0 Å². The number of carbonyl (C=O) groups excluding carboxylic acids is 1. The fraction of sp³-hybridized carbons (Fsp3) is 0.353. The first-order valence-electron chi connectivity index (χ1n) is 8.04. The fourth-order valence-corrected chi connectivity index (χ4v) is 3.97. The predicted octanol–water partition coefficient (Wildman–Crippen LogP) is 0.463. The van der Waals surface area contributed by atoms with E-state index in [1.807, 2.05) is 0 Å². The summed E-state index contributed by atoms with van der Waals surface area (Å²) in [5.41, 5.74) is 0.462. The lowest BCUT2D eigenvalue weighted by atomic mass is 10.3. The Morgan fingerprint density at radius 1 is 1.21 bits per heavy atom. The number of hydrogen-bond donors (Lipinski definition) is 3. The van der Waals surface area contributed by atoms with Crippen molar-refractivity contribution in [3.63, 3.8) is 0 Å². The average Bonchev–Trinajstić information content (AvgIpc) is 3.05. The van der Waals surface area contributed by atoms with Gasteiger partial charge in [-0.3, -0.25) is 4.79 Å². The number of amides is 1. The van der Waals surface area contributed by atoms with Crippen LogP contribution in [-0.4, -0.2) is 38.6 Å². The highest BCUT2D eigenvalue weighted by Crippen LogP contribution is 2.21. The normalized spacial score (nSPS) is 20.8. The van der Waals surface area contributed by atoms with E-state index in [0.29, 0.717) is 12.2 Å². The highest BCUT2D eigenvalue weighted by Gasteiger charge is 2.25. The molecule has 0 atom stereocenters. The first kappa shape index (κ1) is 17.4. The molecule has 3 rings (SSSR count). The molecule has 1 aliphatic heterocycles. The Bertz CT molecular complexity index is 687. The van der Waals surface area contributed by atoms with E-state index in [9.17, 15) is 9.18 Å². The zero-order valence-corrected chi connectivity index (χ0v) is 14.9. The third-order valence-electron chi connectivity index (χ3n) is 4.28. The van der Waals surface area contributed by atoms with Crippen LogP contribution in [0.25, 0.3) is 0 Å². The number of anilines is 1. The number of hydrogen-bond acceptors (Lipinski definition) is 2. The van der Waals surface area contributed by atoms with E-state index in [4.69, 9.17) is 11.6 Å². The second-order valence-electron chi connectivity index (χ2n) is 6.11. The second-order valence-corrected chi connectivity index (χ2v) is 7.54. The van der Waals surface area contributed by atoms with Crippen molar-refractivity contribution in [2.24, 2.45) is 0 Å². The minimum atomic E-state index is -0.409. The fourth-order valence-electron chi connectivity index (χ4n) is 2.98. The Hall–Kier alpha value is -1.47. The van der Waals surface area contributed by atoms with Crippen molar-refractivity contribution in [1.29, 1.82) is 0 Å². The molecule has 24 heavy (non-hydrogen) atoms. The van der Waals surface area contributed by atoms with Gasteiger partial charge in [-0.05, 0) is 29.6 Å². The van der Waals surface area contributed by atoms with E-state index < -0.39 is 5.82 Å². The van der Waals surface area contributed by atoms with Crippen LogP contribution < -0.4 is 15.1 Å². The number of thiophene rings is 1. The number of benzene rings is 1. The molecule has 1 saturated heterocycles. The summed E-state index contributed by atoms with van der Waals surface area (Å²) in [4.78, 5) is 16.4. The molecule has 1 aromatic carbocycles. The summed E-state index contributed by atoms with van der Waals surface area (Å²) in [6.45, 7) is 5.58. The lowest BCUT2D eigenvalue weighted by molar-refractivity contribution is -1.01. The maximum absolute atomic E-state index is 13.0. The maximum Gasteiger partial charge on any atom is 0.279 e. The molecule has 4 nitrogen and oxygen atoms in total. The largest absolute Gasteiger partial charge is 0.321 e. The van der Waals surface area contributed by atoms with Crippen LogP contribution in [0.4, 0.5) is 10.1 Å². The summed E-state index contributed by atoms with van der Waals surface area (Å²) < 4.78 is 13.0. The molecule has 2 heterocycles. The van der Waals surface area contributed by atoms with Gasteiger partial charge in [-0.1, -0.05) is 17.7 Å². The van der Waals surface area contributed by atoms with Gasteiger partial charge in [-0.25, -0.2) is 4.39 Å². The zero-order valence-electron chi connectivity index (χ0n) is 13.3. The smallest absolute Gasteiger partial charge is 0.279 e. The summed E-state index contributed by atoms with van der Waals surface area (Å²) >= 11 is 7.74. The topological polar surface area (TPSA) is 38.0 Å². The Kier molecular flexibility index (Phi) is 5.84. The third-order valence-corrected chi connectivity index (χ3v) is 5.47. The number of carbonyl (C=O) groups is 1. The molecule has 7 heteroatoms. The van der Waals surface area contributed by atoms with E-state index in [-0.39, 0.29) is 10.9 Å². The van der Waals surface area contributed by atoms with Crippen LogP contribution in [0.15, 0.2) is 35.7 Å². The standard InChI is InChI=1S/C17H19ClFN3OS/c18-15-10-13(19)3-4-16(15)20-17(23)12-22-7-5-21(6-8-22)11-14-2-1-9-24-14/h1-4,9-10H,5-8,11-12H2,(H,20,23)/p+2. The molecule has 0 saturated carbocycles. The molecule has 0 aliphatic carbocycles. The summed E-state index contributed by atoms with van der Waals surface area (Å²) in [7, 11) is 0. The van der Waals surface area contributed by atoms with Crippen molar-refractivity contribution in [1.82, 2.24) is 0 Å². The van der Waals surface area contributed by atoms with Gasteiger partial charge in [0.1, 0.15) is 38.5 Å².